The number of carbonyl (C=O) groups excluding carboxylic acids is 3. The zero-order chi connectivity index (χ0) is 25.1. The number of aliphatic hydroxyl groups excluding tert-OH is 1. The number of benzene rings is 2. The number of Topliss-reactive ketones (excluding diaryl/α,β-unsaturated/α-hetero) is 1. The summed E-state index contributed by atoms with van der Waals surface area (Å²) in [6.07, 6.45) is 3.17. The third-order valence-electron chi connectivity index (χ3n) is 6.03. The van der Waals surface area contributed by atoms with Gasteiger partial charge in [-0.25, -0.2) is 4.79 Å². The summed E-state index contributed by atoms with van der Waals surface area (Å²) in [5.74, 6) is -2.07. The normalized spacial score (nSPS) is 17.0. The predicted octanol–water partition coefficient (Wildman–Crippen LogP) is 4.50. The van der Waals surface area contributed by atoms with Crippen LogP contribution in [-0.2, 0) is 20.9 Å². The molecule has 7 nitrogen and oxygen atoms in total. The quantitative estimate of drug-likeness (QED) is 0.247. The molecule has 1 saturated heterocycles. The number of aliphatic hydroxyl groups is 1. The number of esters is 1. The highest BCUT2D eigenvalue weighted by atomic mass is 16.5. The molecule has 2 heterocycles. The molecular formula is C28H26N2O5. The number of amides is 1. The van der Waals surface area contributed by atoms with Crippen LogP contribution in [0.3, 0.4) is 0 Å². The van der Waals surface area contributed by atoms with E-state index >= 15 is 0 Å². The van der Waals surface area contributed by atoms with Gasteiger partial charge in [0.2, 0.25) is 0 Å². The second-order valence-electron chi connectivity index (χ2n) is 8.44. The molecule has 1 N–H and O–H groups in total. The maximum Gasteiger partial charge on any atom is 0.338 e. The predicted molar refractivity (Wildman–Crippen MR) is 130 cm³/mol. The van der Waals surface area contributed by atoms with Gasteiger partial charge in [-0.05, 0) is 67.8 Å². The van der Waals surface area contributed by atoms with E-state index in [1.54, 1.807) is 61.8 Å². The molecule has 0 spiro atoms. The lowest BCUT2D eigenvalue weighted by molar-refractivity contribution is -0.140. The third kappa shape index (κ3) is 4.71. The molecule has 0 bridgehead atoms. The van der Waals surface area contributed by atoms with Gasteiger partial charge in [0.15, 0.2) is 0 Å². The van der Waals surface area contributed by atoms with E-state index in [-0.39, 0.29) is 24.5 Å². The molecule has 0 saturated carbocycles. The Morgan fingerprint density at radius 2 is 1.71 bits per heavy atom. The molecule has 178 valence electrons. The lowest BCUT2D eigenvalue weighted by Gasteiger charge is -2.25. The standard InChI is InChI=1S/C28H26N2O5/c1-4-35-28(34)21-9-7-19(8-10-21)16-30-24(20-11-13-29-14-12-20)23(26(32)27(30)33)25(31)22-15-17(2)5-6-18(22)3/h5-15,24,31H,4,16H2,1-3H3/b25-23+. The van der Waals surface area contributed by atoms with Crippen molar-refractivity contribution in [1.29, 1.82) is 0 Å². The molecule has 4 rings (SSSR count). The SMILES string of the molecule is CCOC(=O)c1ccc(CN2C(=O)C(=O)/C(=C(/O)c3cc(C)ccc3C)C2c2ccncc2)cc1. The van der Waals surface area contributed by atoms with Gasteiger partial charge in [-0.15, -0.1) is 0 Å². The second-order valence-corrected chi connectivity index (χ2v) is 8.44. The monoisotopic (exact) mass is 470 g/mol. The second kappa shape index (κ2) is 9.93. The Morgan fingerprint density at radius 3 is 2.37 bits per heavy atom. The van der Waals surface area contributed by atoms with E-state index in [2.05, 4.69) is 4.98 Å². The molecule has 0 aliphatic carbocycles. The number of pyridine rings is 1. The van der Waals surface area contributed by atoms with Gasteiger partial charge in [0.25, 0.3) is 11.7 Å². The van der Waals surface area contributed by atoms with E-state index in [9.17, 15) is 19.5 Å². The van der Waals surface area contributed by atoms with Gasteiger partial charge >= 0.3 is 5.97 Å². The van der Waals surface area contributed by atoms with Crippen molar-refractivity contribution in [3.63, 3.8) is 0 Å². The fraction of sp³-hybridized carbons (Fsp3) is 0.214. The minimum absolute atomic E-state index is 0.0399. The van der Waals surface area contributed by atoms with E-state index in [0.717, 1.165) is 16.7 Å². The Hall–Kier alpha value is -4.26. The van der Waals surface area contributed by atoms with E-state index in [4.69, 9.17) is 4.74 Å². The van der Waals surface area contributed by atoms with Crippen molar-refractivity contribution in [3.05, 3.63) is 106 Å². The van der Waals surface area contributed by atoms with Crippen LogP contribution >= 0.6 is 0 Å². The summed E-state index contributed by atoms with van der Waals surface area (Å²) < 4.78 is 5.02. The fourth-order valence-electron chi connectivity index (χ4n) is 4.23. The lowest BCUT2D eigenvalue weighted by atomic mass is 9.93. The zero-order valence-corrected chi connectivity index (χ0v) is 19.8. The number of hydrogen-bond donors (Lipinski definition) is 1. The fourth-order valence-corrected chi connectivity index (χ4v) is 4.23. The first-order chi connectivity index (χ1) is 16.8. The molecule has 2 aromatic carbocycles. The first-order valence-corrected chi connectivity index (χ1v) is 11.3. The van der Waals surface area contributed by atoms with E-state index in [1.165, 1.54) is 4.90 Å². The number of aromatic nitrogens is 1. The number of carbonyl (C=O) groups is 3. The molecule has 1 aromatic heterocycles. The summed E-state index contributed by atoms with van der Waals surface area (Å²) in [5.41, 5.74) is 4.06. The molecule has 35 heavy (non-hydrogen) atoms. The number of nitrogens with zero attached hydrogens (tertiary/aromatic N) is 2. The van der Waals surface area contributed by atoms with Crippen LogP contribution in [0.2, 0.25) is 0 Å². The van der Waals surface area contributed by atoms with Gasteiger partial charge in [-0.1, -0.05) is 29.8 Å². The van der Waals surface area contributed by atoms with Crippen molar-refractivity contribution in [1.82, 2.24) is 9.88 Å². The number of rotatable bonds is 6. The van der Waals surface area contributed by atoms with Gasteiger partial charge < -0.3 is 14.7 Å². The Kier molecular flexibility index (Phi) is 6.78. The first kappa shape index (κ1) is 23.9. The Bertz CT molecular complexity index is 1310. The largest absolute Gasteiger partial charge is 0.507 e. The van der Waals surface area contributed by atoms with E-state index in [0.29, 0.717) is 16.7 Å². The molecule has 1 aliphatic heterocycles. The van der Waals surface area contributed by atoms with Crippen LogP contribution in [0.15, 0.2) is 72.6 Å². The van der Waals surface area contributed by atoms with Crippen LogP contribution in [0, 0.1) is 13.8 Å². The molecule has 1 atom stereocenters. The van der Waals surface area contributed by atoms with Crippen LogP contribution in [0.5, 0.6) is 0 Å². The van der Waals surface area contributed by atoms with Crippen molar-refractivity contribution >= 4 is 23.4 Å². The van der Waals surface area contributed by atoms with Crippen molar-refractivity contribution in [2.24, 2.45) is 0 Å². The summed E-state index contributed by atoms with van der Waals surface area (Å²) in [4.78, 5) is 43.9. The first-order valence-electron chi connectivity index (χ1n) is 11.3. The van der Waals surface area contributed by atoms with Crippen LogP contribution in [0.1, 0.15) is 51.1 Å². The zero-order valence-electron chi connectivity index (χ0n) is 19.8. The maximum atomic E-state index is 13.2. The van der Waals surface area contributed by atoms with E-state index in [1.807, 2.05) is 26.0 Å². The molecule has 1 unspecified atom stereocenters. The molecule has 1 aliphatic rings. The van der Waals surface area contributed by atoms with Gasteiger partial charge in [0.05, 0.1) is 23.8 Å². The highest BCUT2D eigenvalue weighted by molar-refractivity contribution is 6.46. The average Bonchev–Trinajstić information content (AvgIpc) is 3.11. The lowest BCUT2D eigenvalue weighted by Crippen LogP contribution is -2.29. The summed E-state index contributed by atoms with van der Waals surface area (Å²) >= 11 is 0. The molecular weight excluding hydrogens is 444 g/mol. The topological polar surface area (TPSA) is 96.8 Å². The molecule has 3 aromatic rings. The number of likely N-dealkylation sites (tertiary alicyclic amines) is 1. The van der Waals surface area contributed by atoms with Crippen LogP contribution in [0.4, 0.5) is 0 Å². The third-order valence-corrected chi connectivity index (χ3v) is 6.03. The minimum atomic E-state index is -0.789. The van der Waals surface area contributed by atoms with Gasteiger partial charge in [-0.3, -0.25) is 14.6 Å². The van der Waals surface area contributed by atoms with Crippen LogP contribution in [0.25, 0.3) is 5.76 Å². The van der Waals surface area contributed by atoms with E-state index < -0.39 is 23.7 Å². The van der Waals surface area contributed by atoms with Gasteiger partial charge in [-0.2, -0.15) is 0 Å². The highest BCUT2D eigenvalue weighted by Gasteiger charge is 2.46. The Morgan fingerprint density at radius 1 is 1.03 bits per heavy atom. The highest BCUT2D eigenvalue weighted by Crippen LogP contribution is 2.40. The minimum Gasteiger partial charge on any atom is -0.507 e. The number of aryl methyl sites for hydroxylation is 2. The summed E-state index contributed by atoms with van der Waals surface area (Å²) in [7, 11) is 0. The maximum absolute atomic E-state index is 13.2. The molecule has 1 amide bonds. The summed E-state index contributed by atoms with van der Waals surface area (Å²) in [6, 6.07) is 15.0. The average molecular weight is 471 g/mol. The molecule has 7 heteroatoms. The van der Waals surface area contributed by atoms with Crippen LogP contribution in [-0.4, -0.2) is 39.3 Å². The van der Waals surface area contributed by atoms with Crippen LogP contribution < -0.4 is 0 Å². The number of ketones is 1. The Labute approximate surface area is 203 Å². The van der Waals surface area contributed by atoms with Gasteiger partial charge in [0.1, 0.15) is 5.76 Å². The molecule has 0 radical (unpaired) electrons. The molecule has 1 fully saturated rings. The number of ether oxygens (including phenoxy) is 1. The van der Waals surface area contributed by atoms with Crippen molar-refractivity contribution < 1.29 is 24.2 Å². The van der Waals surface area contributed by atoms with Crippen molar-refractivity contribution in [2.45, 2.75) is 33.4 Å². The summed E-state index contributed by atoms with van der Waals surface area (Å²) in [5, 5.41) is 11.3. The van der Waals surface area contributed by atoms with Crippen molar-refractivity contribution in [3.8, 4) is 0 Å². The summed E-state index contributed by atoms with van der Waals surface area (Å²) in [6.45, 7) is 5.87. The van der Waals surface area contributed by atoms with Gasteiger partial charge in [0, 0.05) is 24.5 Å². The smallest absolute Gasteiger partial charge is 0.338 e. The Balaban J connectivity index is 1.77. The van der Waals surface area contributed by atoms with Crippen molar-refractivity contribution in [2.75, 3.05) is 6.61 Å². The number of hydrogen-bond acceptors (Lipinski definition) is 6.